The number of thiophene rings is 1. The van der Waals surface area contributed by atoms with Gasteiger partial charge in [-0.1, -0.05) is 6.07 Å². The van der Waals surface area contributed by atoms with E-state index in [0.29, 0.717) is 18.0 Å². The van der Waals surface area contributed by atoms with Gasteiger partial charge in [0.15, 0.2) is 0 Å². The van der Waals surface area contributed by atoms with Crippen LogP contribution in [-0.2, 0) is 11.8 Å². The zero-order valence-corrected chi connectivity index (χ0v) is 14.5. The Morgan fingerprint density at radius 2 is 2.09 bits per heavy atom. The lowest BCUT2D eigenvalue weighted by molar-refractivity contribution is -0.123. The number of halogens is 1. The molecule has 1 atom stereocenters. The van der Waals surface area contributed by atoms with Gasteiger partial charge in [0, 0.05) is 31.9 Å². The van der Waals surface area contributed by atoms with Crippen molar-refractivity contribution in [2.24, 2.45) is 7.05 Å². The fourth-order valence-corrected chi connectivity index (χ4v) is 2.64. The first kappa shape index (κ1) is 19.1. The van der Waals surface area contributed by atoms with Crippen LogP contribution in [0.3, 0.4) is 0 Å². The van der Waals surface area contributed by atoms with Crippen molar-refractivity contribution in [1.82, 2.24) is 25.7 Å². The fraction of sp³-hybridized carbons (Fsp3) is 0.357. The maximum atomic E-state index is 12.1. The molecule has 126 valence electrons. The Balaban J connectivity index is 0.00000264. The summed E-state index contributed by atoms with van der Waals surface area (Å²) in [4.78, 5) is 24.5. The van der Waals surface area contributed by atoms with Crippen molar-refractivity contribution in [1.29, 1.82) is 0 Å². The lowest BCUT2D eigenvalue weighted by atomic mass is 10.1. The maximum absolute atomic E-state index is 12.1. The summed E-state index contributed by atoms with van der Waals surface area (Å²) in [6.45, 7) is 0.750. The monoisotopic (exact) mass is 357 g/mol. The summed E-state index contributed by atoms with van der Waals surface area (Å²) in [6.07, 6.45) is 3.44. The standard InChI is InChI=1S/C14H19N5O2S.ClH/c1-15-12(10-8-18-19(2)9-10)14(21)17-6-5-16-13(20)11-4-3-7-22-11;/h3-4,7-9,12,15H,5-6H2,1-2H3,(H,16,20)(H,17,21);1H. The van der Waals surface area contributed by atoms with E-state index in [4.69, 9.17) is 0 Å². The third kappa shape index (κ3) is 5.34. The molecule has 7 nitrogen and oxygen atoms in total. The SMILES string of the molecule is CNC(C(=O)NCCNC(=O)c1cccs1)c1cnn(C)c1.Cl. The van der Waals surface area contributed by atoms with Gasteiger partial charge in [0.2, 0.25) is 5.91 Å². The van der Waals surface area contributed by atoms with E-state index >= 15 is 0 Å². The van der Waals surface area contributed by atoms with Crippen molar-refractivity contribution < 1.29 is 9.59 Å². The Labute approximate surface area is 144 Å². The maximum Gasteiger partial charge on any atom is 0.261 e. The summed E-state index contributed by atoms with van der Waals surface area (Å²) in [5.41, 5.74) is 0.796. The number of likely N-dealkylation sites (N-methyl/N-ethyl adjacent to an activating group) is 1. The highest BCUT2D eigenvalue weighted by Gasteiger charge is 2.19. The van der Waals surface area contributed by atoms with E-state index < -0.39 is 6.04 Å². The molecule has 2 aromatic rings. The zero-order valence-electron chi connectivity index (χ0n) is 12.9. The molecule has 0 aromatic carbocycles. The van der Waals surface area contributed by atoms with E-state index in [0.717, 1.165) is 5.56 Å². The quantitative estimate of drug-likeness (QED) is 0.637. The number of rotatable bonds is 7. The minimum atomic E-state index is -0.457. The third-order valence-corrected chi connectivity index (χ3v) is 3.93. The predicted octanol–water partition coefficient (Wildman–Crippen LogP) is 0.710. The highest BCUT2D eigenvalue weighted by molar-refractivity contribution is 7.12. The Bertz CT molecular complexity index is 629. The van der Waals surface area contributed by atoms with Crippen molar-refractivity contribution in [3.8, 4) is 0 Å². The van der Waals surface area contributed by atoms with Gasteiger partial charge < -0.3 is 16.0 Å². The molecule has 9 heteroatoms. The molecule has 0 aliphatic carbocycles. The number of hydrogen-bond acceptors (Lipinski definition) is 5. The zero-order chi connectivity index (χ0) is 15.9. The molecule has 0 fully saturated rings. The smallest absolute Gasteiger partial charge is 0.261 e. The van der Waals surface area contributed by atoms with Crippen molar-refractivity contribution in [3.05, 3.63) is 40.3 Å². The van der Waals surface area contributed by atoms with Crippen LogP contribution in [0.1, 0.15) is 21.3 Å². The Hall–Kier alpha value is -1.90. The van der Waals surface area contributed by atoms with Crippen LogP contribution in [0, 0.1) is 0 Å². The molecule has 2 heterocycles. The topological polar surface area (TPSA) is 88.1 Å². The Morgan fingerprint density at radius 3 is 2.65 bits per heavy atom. The van der Waals surface area contributed by atoms with Gasteiger partial charge >= 0.3 is 0 Å². The second-order valence-electron chi connectivity index (χ2n) is 4.69. The second kappa shape index (κ2) is 9.29. The van der Waals surface area contributed by atoms with Crippen LogP contribution >= 0.6 is 23.7 Å². The molecule has 2 aromatic heterocycles. The van der Waals surface area contributed by atoms with Crippen LogP contribution in [-0.4, -0.2) is 41.7 Å². The van der Waals surface area contributed by atoms with E-state index in [9.17, 15) is 9.59 Å². The minimum absolute atomic E-state index is 0. The molecule has 0 aliphatic rings. The molecular weight excluding hydrogens is 338 g/mol. The molecular formula is C14H20ClN5O2S. The van der Waals surface area contributed by atoms with Crippen LogP contribution in [0.5, 0.6) is 0 Å². The number of carbonyl (C=O) groups is 2. The van der Waals surface area contributed by atoms with Crippen LogP contribution in [0.25, 0.3) is 0 Å². The molecule has 2 rings (SSSR count). The number of nitrogens with zero attached hydrogens (tertiary/aromatic N) is 2. The Kier molecular flexibility index (Phi) is 7.73. The lowest BCUT2D eigenvalue weighted by Crippen LogP contribution is -2.40. The summed E-state index contributed by atoms with van der Waals surface area (Å²) in [6, 6.07) is 3.13. The van der Waals surface area contributed by atoms with E-state index in [1.807, 2.05) is 11.4 Å². The molecule has 2 amide bonds. The minimum Gasteiger partial charge on any atom is -0.353 e. The molecule has 1 unspecified atom stereocenters. The molecule has 23 heavy (non-hydrogen) atoms. The third-order valence-electron chi connectivity index (χ3n) is 3.06. The fourth-order valence-electron chi connectivity index (χ4n) is 2.00. The lowest BCUT2D eigenvalue weighted by Gasteiger charge is -2.14. The van der Waals surface area contributed by atoms with Crippen LogP contribution in [0.15, 0.2) is 29.9 Å². The number of aryl methyl sites for hydroxylation is 1. The highest BCUT2D eigenvalue weighted by atomic mass is 35.5. The second-order valence-corrected chi connectivity index (χ2v) is 5.64. The van der Waals surface area contributed by atoms with Crippen LogP contribution in [0.2, 0.25) is 0 Å². The average Bonchev–Trinajstić information content (AvgIpc) is 3.16. The van der Waals surface area contributed by atoms with Gasteiger partial charge in [0.1, 0.15) is 6.04 Å². The van der Waals surface area contributed by atoms with E-state index in [-0.39, 0.29) is 24.2 Å². The molecule has 0 saturated heterocycles. The molecule has 0 bridgehead atoms. The van der Waals surface area contributed by atoms with Gasteiger partial charge in [-0.25, -0.2) is 0 Å². The van der Waals surface area contributed by atoms with E-state index in [1.54, 1.807) is 37.2 Å². The molecule has 0 spiro atoms. The summed E-state index contributed by atoms with van der Waals surface area (Å²) in [5.74, 6) is -0.275. The largest absolute Gasteiger partial charge is 0.353 e. The first-order valence-electron chi connectivity index (χ1n) is 6.87. The van der Waals surface area contributed by atoms with Gasteiger partial charge in [0.05, 0.1) is 11.1 Å². The van der Waals surface area contributed by atoms with Crippen LogP contribution in [0.4, 0.5) is 0 Å². The van der Waals surface area contributed by atoms with Crippen molar-refractivity contribution in [3.63, 3.8) is 0 Å². The summed E-state index contributed by atoms with van der Waals surface area (Å²) >= 11 is 1.38. The average molecular weight is 358 g/mol. The molecule has 0 saturated carbocycles. The number of aromatic nitrogens is 2. The molecule has 0 radical (unpaired) electrons. The van der Waals surface area contributed by atoms with Gasteiger partial charge in [-0.15, -0.1) is 23.7 Å². The van der Waals surface area contributed by atoms with Crippen LogP contribution < -0.4 is 16.0 Å². The molecule has 0 aliphatic heterocycles. The first-order valence-corrected chi connectivity index (χ1v) is 7.75. The van der Waals surface area contributed by atoms with Gasteiger partial charge in [-0.3, -0.25) is 14.3 Å². The van der Waals surface area contributed by atoms with Crippen molar-refractivity contribution in [2.75, 3.05) is 20.1 Å². The normalized spacial score (nSPS) is 11.4. The van der Waals surface area contributed by atoms with Crippen molar-refractivity contribution in [2.45, 2.75) is 6.04 Å². The summed E-state index contributed by atoms with van der Waals surface area (Å²) < 4.78 is 1.65. The molecule has 3 N–H and O–H groups in total. The highest BCUT2D eigenvalue weighted by Crippen LogP contribution is 2.10. The predicted molar refractivity (Wildman–Crippen MR) is 91.9 cm³/mol. The van der Waals surface area contributed by atoms with E-state index in [2.05, 4.69) is 21.0 Å². The number of nitrogens with one attached hydrogen (secondary N) is 3. The Morgan fingerprint density at radius 1 is 1.35 bits per heavy atom. The van der Waals surface area contributed by atoms with E-state index in [1.165, 1.54) is 11.3 Å². The van der Waals surface area contributed by atoms with Gasteiger partial charge in [-0.2, -0.15) is 5.10 Å². The van der Waals surface area contributed by atoms with Gasteiger partial charge in [-0.05, 0) is 18.5 Å². The first-order chi connectivity index (χ1) is 10.6. The number of hydrogen-bond donors (Lipinski definition) is 3. The summed E-state index contributed by atoms with van der Waals surface area (Å²) in [5, 5.41) is 14.4. The number of carbonyl (C=O) groups excluding carboxylic acids is 2. The summed E-state index contributed by atoms with van der Waals surface area (Å²) in [7, 11) is 3.52. The van der Waals surface area contributed by atoms with Crippen molar-refractivity contribution >= 4 is 35.6 Å². The number of amides is 2. The van der Waals surface area contributed by atoms with Gasteiger partial charge in [0.25, 0.3) is 5.91 Å².